The number of imide groups is 1. The molecule has 6 nitrogen and oxygen atoms in total. The summed E-state index contributed by atoms with van der Waals surface area (Å²) >= 11 is 0. The molecule has 0 aromatic heterocycles. The smallest absolute Gasteiger partial charge is 0.255 e. The maximum Gasteiger partial charge on any atom is 0.255 e. The second-order valence-corrected chi connectivity index (χ2v) is 8.96. The van der Waals surface area contributed by atoms with E-state index < -0.39 is 0 Å². The zero-order valence-corrected chi connectivity index (χ0v) is 18.3. The van der Waals surface area contributed by atoms with E-state index in [1.165, 1.54) is 4.90 Å². The van der Waals surface area contributed by atoms with Gasteiger partial charge in [-0.15, -0.1) is 0 Å². The number of allylic oxidation sites excluding steroid dienone is 2. The predicted molar refractivity (Wildman–Crippen MR) is 128 cm³/mol. The summed E-state index contributed by atoms with van der Waals surface area (Å²) in [7, 11) is 0. The molecule has 3 aliphatic rings. The van der Waals surface area contributed by atoms with Crippen LogP contribution in [-0.2, 0) is 9.59 Å². The number of hydrogen-bond acceptors (Lipinski definition) is 4. The largest absolute Gasteiger partial charge is 0.457 e. The van der Waals surface area contributed by atoms with Crippen LogP contribution in [0.25, 0.3) is 0 Å². The Balaban J connectivity index is 1.16. The number of benzene rings is 3. The number of para-hydroxylation sites is 1. The van der Waals surface area contributed by atoms with Gasteiger partial charge in [-0.25, -0.2) is 4.90 Å². The van der Waals surface area contributed by atoms with Crippen molar-refractivity contribution >= 4 is 29.1 Å². The van der Waals surface area contributed by atoms with Crippen molar-refractivity contribution in [1.82, 2.24) is 0 Å². The van der Waals surface area contributed by atoms with Crippen LogP contribution in [0.4, 0.5) is 11.4 Å². The van der Waals surface area contributed by atoms with Gasteiger partial charge in [-0.3, -0.25) is 14.4 Å². The molecule has 3 aromatic rings. The zero-order chi connectivity index (χ0) is 23.2. The highest BCUT2D eigenvalue weighted by Crippen LogP contribution is 2.53. The van der Waals surface area contributed by atoms with E-state index >= 15 is 0 Å². The highest BCUT2D eigenvalue weighted by atomic mass is 16.5. The lowest BCUT2D eigenvalue weighted by Gasteiger charge is -2.18. The maximum atomic E-state index is 13.1. The molecular formula is C28H22N2O4. The number of ether oxygens (including phenoxy) is 1. The molecule has 2 aliphatic carbocycles. The molecule has 2 fully saturated rings. The first-order valence-electron chi connectivity index (χ1n) is 11.4. The van der Waals surface area contributed by atoms with Gasteiger partial charge in [-0.1, -0.05) is 36.4 Å². The number of amides is 3. The summed E-state index contributed by atoms with van der Waals surface area (Å²) in [4.78, 5) is 40.3. The molecule has 1 aliphatic heterocycles. The molecule has 0 radical (unpaired) electrons. The Labute approximate surface area is 196 Å². The summed E-state index contributed by atoms with van der Waals surface area (Å²) in [5, 5.41) is 2.86. The van der Waals surface area contributed by atoms with Gasteiger partial charge in [0.2, 0.25) is 11.8 Å². The lowest BCUT2D eigenvalue weighted by molar-refractivity contribution is -0.123. The molecule has 2 bridgehead atoms. The van der Waals surface area contributed by atoms with E-state index in [2.05, 4.69) is 17.5 Å². The fourth-order valence-corrected chi connectivity index (χ4v) is 5.38. The number of hydrogen-bond donors (Lipinski definition) is 1. The van der Waals surface area contributed by atoms with Gasteiger partial charge in [0.15, 0.2) is 0 Å². The topological polar surface area (TPSA) is 75.7 Å². The van der Waals surface area contributed by atoms with E-state index in [1.807, 2.05) is 30.3 Å². The van der Waals surface area contributed by atoms with Crippen LogP contribution in [0.3, 0.4) is 0 Å². The Bertz CT molecular complexity index is 1290. The Hall–Kier alpha value is -4.19. The van der Waals surface area contributed by atoms with E-state index in [0.717, 1.165) is 12.2 Å². The molecule has 1 heterocycles. The lowest BCUT2D eigenvalue weighted by atomic mass is 9.85. The van der Waals surface area contributed by atoms with Crippen molar-refractivity contribution in [3.05, 3.63) is 96.6 Å². The van der Waals surface area contributed by atoms with Crippen LogP contribution < -0.4 is 15.0 Å². The molecule has 1 N–H and O–H groups in total. The van der Waals surface area contributed by atoms with Crippen molar-refractivity contribution < 1.29 is 19.1 Å². The van der Waals surface area contributed by atoms with Crippen LogP contribution in [-0.4, -0.2) is 17.7 Å². The SMILES string of the molecule is O=C(Nc1ccc(Oc2ccccc2)cc1)c1cccc(N2C(=O)[C@H]3[C@H](C2=O)[C@H]2C=C[C@H]3C2)c1. The maximum absolute atomic E-state index is 13.1. The minimum absolute atomic E-state index is 0.150. The molecule has 3 amide bonds. The van der Waals surface area contributed by atoms with Crippen LogP contribution >= 0.6 is 0 Å². The molecule has 6 heteroatoms. The van der Waals surface area contributed by atoms with Crippen LogP contribution in [0.15, 0.2) is 91.0 Å². The summed E-state index contributed by atoms with van der Waals surface area (Å²) in [5.41, 5.74) is 1.44. The van der Waals surface area contributed by atoms with Gasteiger partial charge in [-0.05, 0) is 72.9 Å². The second kappa shape index (κ2) is 7.99. The minimum atomic E-state index is -0.320. The van der Waals surface area contributed by atoms with E-state index in [9.17, 15) is 14.4 Å². The standard InChI is InChI=1S/C28H22N2O4/c31-26(29-20-11-13-23(14-12-20)34-22-7-2-1-3-8-22)19-5-4-6-21(16-19)30-27(32)24-17-9-10-18(15-17)25(24)28(30)33/h1-14,16-18,24-25H,15H2,(H,29,31)/t17-,18-,24+,25+/m0/s1. The highest BCUT2D eigenvalue weighted by Gasteiger charge is 2.59. The molecule has 0 unspecified atom stereocenters. The lowest BCUT2D eigenvalue weighted by Crippen LogP contribution is -2.33. The van der Waals surface area contributed by atoms with Gasteiger partial charge in [0.1, 0.15) is 11.5 Å². The Morgan fingerprint density at radius 2 is 1.44 bits per heavy atom. The second-order valence-electron chi connectivity index (χ2n) is 8.96. The molecule has 1 saturated heterocycles. The van der Waals surface area contributed by atoms with Crippen LogP contribution in [0, 0.1) is 23.7 Å². The first kappa shape index (κ1) is 20.4. The van der Waals surface area contributed by atoms with E-state index in [-0.39, 0.29) is 41.4 Å². The number of nitrogens with one attached hydrogen (secondary N) is 1. The molecule has 1 saturated carbocycles. The Morgan fingerprint density at radius 3 is 2.12 bits per heavy atom. The molecule has 6 rings (SSSR count). The van der Waals surface area contributed by atoms with Crippen LogP contribution in [0.2, 0.25) is 0 Å². The van der Waals surface area contributed by atoms with Crippen LogP contribution in [0.1, 0.15) is 16.8 Å². The van der Waals surface area contributed by atoms with Crippen molar-refractivity contribution in [2.75, 3.05) is 10.2 Å². The number of fused-ring (bicyclic) bond motifs is 5. The number of anilines is 2. The van der Waals surface area contributed by atoms with E-state index in [4.69, 9.17) is 4.74 Å². The molecule has 34 heavy (non-hydrogen) atoms. The fourth-order valence-electron chi connectivity index (χ4n) is 5.38. The summed E-state index contributed by atoms with van der Waals surface area (Å²) in [5.74, 6) is 0.527. The van der Waals surface area contributed by atoms with Gasteiger partial charge in [0, 0.05) is 11.3 Å². The van der Waals surface area contributed by atoms with E-state index in [1.54, 1.807) is 48.5 Å². The third-order valence-electron chi connectivity index (χ3n) is 6.93. The molecule has 168 valence electrons. The average Bonchev–Trinajstić information content (AvgIpc) is 3.55. The highest BCUT2D eigenvalue weighted by molar-refractivity contribution is 6.23. The summed E-state index contributed by atoms with van der Waals surface area (Å²) < 4.78 is 5.78. The van der Waals surface area contributed by atoms with Crippen molar-refractivity contribution in [1.29, 1.82) is 0 Å². The van der Waals surface area contributed by atoms with Crippen molar-refractivity contribution in [3.8, 4) is 11.5 Å². The molecular weight excluding hydrogens is 428 g/mol. The van der Waals surface area contributed by atoms with Crippen molar-refractivity contribution in [2.24, 2.45) is 23.7 Å². The Morgan fingerprint density at radius 1 is 0.794 bits per heavy atom. The van der Waals surface area contributed by atoms with Crippen molar-refractivity contribution in [2.45, 2.75) is 6.42 Å². The monoisotopic (exact) mass is 450 g/mol. The average molecular weight is 450 g/mol. The minimum Gasteiger partial charge on any atom is -0.457 e. The van der Waals surface area contributed by atoms with Crippen LogP contribution in [0.5, 0.6) is 11.5 Å². The van der Waals surface area contributed by atoms with Gasteiger partial charge in [-0.2, -0.15) is 0 Å². The van der Waals surface area contributed by atoms with Gasteiger partial charge in [0.05, 0.1) is 17.5 Å². The molecule has 3 aromatic carbocycles. The predicted octanol–water partition coefficient (Wildman–Crippen LogP) is 5.04. The molecule has 0 spiro atoms. The number of rotatable bonds is 5. The number of nitrogens with zero attached hydrogens (tertiary/aromatic N) is 1. The van der Waals surface area contributed by atoms with E-state index in [0.29, 0.717) is 22.7 Å². The third-order valence-corrected chi connectivity index (χ3v) is 6.93. The first-order valence-corrected chi connectivity index (χ1v) is 11.4. The van der Waals surface area contributed by atoms with Gasteiger partial charge in [0.25, 0.3) is 5.91 Å². The number of carbonyl (C=O) groups excluding carboxylic acids is 3. The van der Waals surface area contributed by atoms with Gasteiger partial charge >= 0.3 is 0 Å². The van der Waals surface area contributed by atoms with Gasteiger partial charge < -0.3 is 10.1 Å². The quantitative estimate of drug-likeness (QED) is 0.436. The fraction of sp³-hybridized carbons (Fsp3) is 0.179. The normalized spacial score (nSPS) is 24.4. The zero-order valence-electron chi connectivity index (χ0n) is 18.3. The van der Waals surface area contributed by atoms with Crippen molar-refractivity contribution in [3.63, 3.8) is 0 Å². The summed E-state index contributed by atoms with van der Waals surface area (Å²) in [6.07, 6.45) is 5.03. The first-order chi connectivity index (χ1) is 16.6. The Kier molecular flexibility index (Phi) is 4.80. The third kappa shape index (κ3) is 3.39. The molecule has 4 atom stereocenters. The summed E-state index contributed by atoms with van der Waals surface area (Å²) in [6.45, 7) is 0. The number of carbonyl (C=O) groups is 3. The summed E-state index contributed by atoms with van der Waals surface area (Å²) in [6, 6.07) is 23.2.